The molecular formula is C13H17BrClFN2O2S. The second kappa shape index (κ2) is 6.40. The lowest BCUT2D eigenvalue weighted by molar-refractivity contribution is 0.414. The SMILES string of the molecule is CC1CCCC1CNS(=O)(=O)c1cc(Cl)c(Br)c(N)c1F. The van der Waals surface area contributed by atoms with Crippen molar-refractivity contribution in [3.63, 3.8) is 0 Å². The van der Waals surface area contributed by atoms with Gasteiger partial charge in [-0.05, 0) is 40.3 Å². The third-order valence-electron chi connectivity index (χ3n) is 4.02. The van der Waals surface area contributed by atoms with Crippen molar-refractivity contribution in [1.82, 2.24) is 4.72 Å². The van der Waals surface area contributed by atoms with Gasteiger partial charge >= 0.3 is 0 Å². The molecule has 3 N–H and O–H groups in total. The summed E-state index contributed by atoms with van der Waals surface area (Å²) in [7, 11) is -3.97. The molecule has 4 nitrogen and oxygen atoms in total. The maximum Gasteiger partial charge on any atom is 0.243 e. The number of nitrogen functional groups attached to an aromatic ring is 1. The first-order valence-corrected chi connectivity index (χ1v) is 9.32. The summed E-state index contributed by atoms with van der Waals surface area (Å²) in [6, 6.07) is 1.07. The van der Waals surface area contributed by atoms with Gasteiger partial charge in [-0.3, -0.25) is 0 Å². The average molecular weight is 400 g/mol. The topological polar surface area (TPSA) is 72.2 Å². The van der Waals surface area contributed by atoms with Crippen molar-refractivity contribution >= 4 is 43.2 Å². The van der Waals surface area contributed by atoms with Crippen LogP contribution in [-0.2, 0) is 10.0 Å². The van der Waals surface area contributed by atoms with Crippen molar-refractivity contribution < 1.29 is 12.8 Å². The van der Waals surface area contributed by atoms with Gasteiger partial charge in [-0.25, -0.2) is 17.5 Å². The van der Waals surface area contributed by atoms with E-state index in [2.05, 4.69) is 27.6 Å². The first kappa shape index (κ1) is 17.0. The normalized spacial score (nSPS) is 22.7. The van der Waals surface area contributed by atoms with Gasteiger partial charge in [0, 0.05) is 6.54 Å². The smallest absolute Gasteiger partial charge is 0.243 e. The Labute approximate surface area is 137 Å². The monoisotopic (exact) mass is 398 g/mol. The van der Waals surface area contributed by atoms with Gasteiger partial charge in [-0.15, -0.1) is 0 Å². The molecule has 8 heteroatoms. The van der Waals surface area contributed by atoms with Crippen LogP contribution in [0.3, 0.4) is 0 Å². The van der Waals surface area contributed by atoms with Gasteiger partial charge in [0.2, 0.25) is 10.0 Å². The Morgan fingerprint density at radius 1 is 1.52 bits per heavy atom. The molecule has 0 aromatic heterocycles. The van der Waals surface area contributed by atoms with E-state index in [0.717, 1.165) is 25.3 Å². The van der Waals surface area contributed by atoms with E-state index in [9.17, 15) is 12.8 Å². The van der Waals surface area contributed by atoms with E-state index < -0.39 is 20.7 Å². The lowest BCUT2D eigenvalue weighted by Gasteiger charge is -2.17. The van der Waals surface area contributed by atoms with Crippen LogP contribution < -0.4 is 10.5 Å². The highest BCUT2D eigenvalue weighted by molar-refractivity contribution is 9.10. The Balaban J connectivity index is 2.24. The number of sulfonamides is 1. The molecule has 118 valence electrons. The molecule has 0 heterocycles. The van der Waals surface area contributed by atoms with Crippen LogP contribution in [-0.4, -0.2) is 15.0 Å². The van der Waals surface area contributed by atoms with E-state index in [1.54, 1.807) is 0 Å². The zero-order valence-corrected chi connectivity index (χ0v) is 14.7. The van der Waals surface area contributed by atoms with Crippen LogP contribution in [0.1, 0.15) is 26.2 Å². The van der Waals surface area contributed by atoms with Gasteiger partial charge in [0.1, 0.15) is 4.90 Å². The summed E-state index contributed by atoms with van der Waals surface area (Å²) in [5, 5.41) is 0.0588. The number of rotatable bonds is 4. The molecule has 1 aliphatic carbocycles. The van der Waals surface area contributed by atoms with Gasteiger partial charge in [-0.1, -0.05) is 31.4 Å². The number of nitrogens with one attached hydrogen (secondary N) is 1. The summed E-state index contributed by atoms with van der Waals surface area (Å²) in [5.41, 5.74) is 5.21. The highest BCUT2D eigenvalue weighted by Crippen LogP contribution is 2.35. The van der Waals surface area contributed by atoms with Crippen molar-refractivity contribution in [2.45, 2.75) is 31.1 Å². The van der Waals surface area contributed by atoms with Crippen molar-refractivity contribution in [3.05, 3.63) is 21.4 Å². The largest absolute Gasteiger partial charge is 0.395 e. The van der Waals surface area contributed by atoms with E-state index in [1.165, 1.54) is 0 Å². The summed E-state index contributed by atoms with van der Waals surface area (Å²) in [4.78, 5) is -0.515. The summed E-state index contributed by atoms with van der Waals surface area (Å²) < 4.78 is 41.2. The highest BCUT2D eigenvalue weighted by Gasteiger charge is 2.28. The number of hydrogen-bond donors (Lipinski definition) is 2. The molecule has 0 saturated heterocycles. The average Bonchev–Trinajstić information content (AvgIpc) is 2.83. The minimum Gasteiger partial charge on any atom is -0.395 e. The fraction of sp³-hybridized carbons (Fsp3) is 0.538. The summed E-state index contributed by atoms with van der Waals surface area (Å²) in [6.45, 7) is 2.40. The van der Waals surface area contributed by atoms with Crippen molar-refractivity contribution in [1.29, 1.82) is 0 Å². The van der Waals surface area contributed by atoms with Crippen LogP contribution in [0.15, 0.2) is 15.4 Å². The molecule has 21 heavy (non-hydrogen) atoms. The Kier molecular flexibility index (Phi) is 5.18. The molecule has 0 aliphatic heterocycles. The zero-order valence-electron chi connectivity index (χ0n) is 11.5. The molecule has 0 amide bonds. The highest BCUT2D eigenvalue weighted by atomic mass is 79.9. The zero-order chi connectivity index (χ0) is 15.8. The molecule has 2 rings (SSSR count). The standard InChI is InChI=1S/C13H17BrClFN2O2S/c1-7-3-2-4-8(7)6-18-21(19,20)10-5-9(15)11(14)13(17)12(10)16/h5,7-8,18H,2-4,6,17H2,1H3. The summed E-state index contributed by atoms with van der Waals surface area (Å²) in [5.74, 6) is -0.236. The minimum absolute atomic E-state index is 0.0588. The Morgan fingerprint density at radius 3 is 2.76 bits per heavy atom. The number of benzene rings is 1. The first-order chi connectivity index (χ1) is 9.74. The predicted molar refractivity (Wildman–Crippen MR) is 85.2 cm³/mol. The quantitative estimate of drug-likeness (QED) is 0.601. The fourth-order valence-corrected chi connectivity index (χ4v) is 4.39. The number of halogens is 3. The van der Waals surface area contributed by atoms with Crippen molar-refractivity contribution in [2.75, 3.05) is 12.3 Å². The van der Waals surface area contributed by atoms with Gasteiger partial charge < -0.3 is 5.73 Å². The molecule has 0 radical (unpaired) electrons. The second-order valence-corrected chi connectivity index (χ2v) is 8.35. The van der Waals surface area contributed by atoms with Crippen molar-refractivity contribution in [2.24, 2.45) is 11.8 Å². The third kappa shape index (κ3) is 3.52. The van der Waals surface area contributed by atoms with Gasteiger partial charge in [0.25, 0.3) is 0 Å². The van der Waals surface area contributed by atoms with Gasteiger partial charge in [0.05, 0.1) is 15.2 Å². The molecule has 0 bridgehead atoms. The lowest BCUT2D eigenvalue weighted by atomic mass is 9.99. The van der Waals surface area contributed by atoms with Crippen LogP contribution in [0.4, 0.5) is 10.1 Å². The minimum atomic E-state index is -3.97. The molecule has 1 aliphatic rings. The Morgan fingerprint density at radius 2 is 2.19 bits per heavy atom. The number of nitrogens with two attached hydrogens (primary N) is 1. The van der Waals surface area contributed by atoms with Crippen molar-refractivity contribution in [3.8, 4) is 0 Å². The van der Waals surface area contributed by atoms with Crippen LogP contribution >= 0.6 is 27.5 Å². The van der Waals surface area contributed by atoms with E-state index in [1.807, 2.05) is 0 Å². The Bertz CT molecular complexity index is 654. The molecule has 1 fully saturated rings. The van der Waals surface area contributed by atoms with E-state index in [-0.39, 0.29) is 21.1 Å². The molecule has 2 unspecified atom stereocenters. The van der Waals surface area contributed by atoms with Crippen LogP contribution in [0, 0.1) is 17.7 Å². The lowest BCUT2D eigenvalue weighted by Crippen LogP contribution is -2.31. The fourth-order valence-electron chi connectivity index (χ4n) is 2.62. The molecule has 1 aromatic rings. The third-order valence-corrected chi connectivity index (χ3v) is 6.82. The second-order valence-electron chi connectivity index (χ2n) is 5.42. The molecular weight excluding hydrogens is 383 g/mol. The summed E-state index contributed by atoms with van der Waals surface area (Å²) >= 11 is 8.88. The van der Waals surface area contributed by atoms with E-state index in [0.29, 0.717) is 12.5 Å². The molecule has 2 atom stereocenters. The number of hydrogen-bond acceptors (Lipinski definition) is 3. The maximum atomic E-state index is 14.1. The van der Waals surface area contributed by atoms with E-state index in [4.69, 9.17) is 17.3 Å². The Hall–Kier alpha value is -0.370. The first-order valence-electron chi connectivity index (χ1n) is 6.66. The van der Waals surface area contributed by atoms with Gasteiger partial charge in [-0.2, -0.15) is 0 Å². The molecule has 0 spiro atoms. The van der Waals surface area contributed by atoms with Gasteiger partial charge in [0.15, 0.2) is 5.82 Å². The van der Waals surface area contributed by atoms with Crippen LogP contribution in [0.25, 0.3) is 0 Å². The number of anilines is 1. The predicted octanol–water partition coefficient (Wildman–Crippen LogP) is 3.54. The maximum absolute atomic E-state index is 14.1. The molecule has 1 aromatic carbocycles. The summed E-state index contributed by atoms with van der Waals surface area (Å²) in [6.07, 6.45) is 3.17. The van der Waals surface area contributed by atoms with Crippen LogP contribution in [0.2, 0.25) is 5.02 Å². The van der Waals surface area contributed by atoms with Crippen LogP contribution in [0.5, 0.6) is 0 Å². The molecule has 1 saturated carbocycles. The van der Waals surface area contributed by atoms with E-state index >= 15 is 0 Å².